The third-order valence-electron chi connectivity index (χ3n) is 3.40. The number of anilines is 2. The van der Waals surface area contributed by atoms with E-state index < -0.39 is 5.60 Å². The first-order valence-corrected chi connectivity index (χ1v) is 7.43. The van der Waals surface area contributed by atoms with Gasteiger partial charge in [-0.25, -0.2) is 4.79 Å². The topological polar surface area (TPSA) is 67.6 Å². The lowest BCUT2D eigenvalue weighted by Crippen LogP contribution is -2.44. The molecule has 1 heterocycles. The molecule has 3 N–H and O–H groups in total. The number of ether oxygens (including phenoxy) is 1. The summed E-state index contributed by atoms with van der Waals surface area (Å²) in [6, 6.07) is 8.12. The molecule has 1 aromatic rings. The molecule has 1 saturated heterocycles. The van der Waals surface area contributed by atoms with Crippen LogP contribution in [0.4, 0.5) is 16.2 Å². The summed E-state index contributed by atoms with van der Waals surface area (Å²) in [4.78, 5) is 13.8. The molecule has 0 unspecified atom stereocenters. The van der Waals surface area contributed by atoms with Gasteiger partial charge < -0.3 is 20.7 Å². The van der Waals surface area contributed by atoms with Crippen LogP contribution in [0.15, 0.2) is 24.3 Å². The molecule has 116 valence electrons. The van der Waals surface area contributed by atoms with Gasteiger partial charge in [0, 0.05) is 30.5 Å². The number of carbonyl (C=O) groups is 1. The van der Waals surface area contributed by atoms with Crippen LogP contribution < -0.4 is 11.1 Å². The van der Waals surface area contributed by atoms with Gasteiger partial charge in [0.05, 0.1) is 0 Å². The van der Waals surface area contributed by atoms with Crippen molar-refractivity contribution in [1.82, 2.24) is 4.90 Å². The molecule has 0 saturated carbocycles. The highest BCUT2D eigenvalue weighted by Crippen LogP contribution is 2.20. The minimum Gasteiger partial charge on any atom is -0.444 e. The minimum atomic E-state index is -0.437. The highest BCUT2D eigenvalue weighted by Gasteiger charge is 2.26. The van der Waals surface area contributed by atoms with Crippen molar-refractivity contribution in [2.45, 2.75) is 45.3 Å². The third kappa shape index (κ3) is 4.85. The zero-order valence-electron chi connectivity index (χ0n) is 13.1. The van der Waals surface area contributed by atoms with Crippen molar-refractivity contribution in [1.29, 1.82) is 0 Å². The Bertz CT molecular complexity index is 489. The van der Waals surface area contributed by atoms with E-state index in [1.54, 1.807) is 4.90 Å². The maximum absolute atomic E-state index is 12.0. The largest absolute Gasteiger partial charge is 0.444 e. The zero-order chi connectivity index (χ0) is 15.5. The highest BCUT2D eigenvalue weighted by molar-refractivity contribution is 5.68. The fourth-order valence-electron chi connectivity index (χ4n) is 2.40. The molecule has 0 radical (unpaired) electrons. The van der Waals surface area contributed by atoms with Gasteiger partial charge in [-0.15, -0.1) is 0 Å². The SMILES string of the molecule is CC(C)(C)OC(=O)N1CCC(Nc2cccc(N)c2)CC1. The average Bonchev–Trinajstić information content (AvgIpc) is 2.37. The lowest BCUT2D eigenvalue weighted by Gasteiger charge is -2.34. The molecule has 0 aliphatic carbocycles. The second kappa shape index (κ2) is 6.24. The molecule has 0 aromatic heterocycles. The molecule has 0 spiro atoms. The quantitative estimate of drug-likeness (QED) is 0.822. The average molecular weight is 291 g/mol. The summed E-state index contributed by atoms with van der Waals surface area (Å²) >= 11 is 0. The number of amides is 1. The summed E-state index contributed by atoms with van der Waals surface area (Å²) in [6.07, 6.45) is 1.60. The first kappa shape index (κ1) is 15.5. The van der Waals surface area contributed by atoms with E-state index in [1.165, 1.54) is 0 Å². The number of nitrogens with two attached hydrogens (primary N) is 1. The lowest BCUT2D eigenvalue weighted by molar-refractivity contribution is 0.0210. The maximum atomic E-state index is 12.0. The molecule has 2 rings (SSSR count). The van der Waals surface area contributed by atoms with Crippen LogP contribution in [0.5, 0.6) is 0 Å². The van der Waals surface area contributed by atoms with Crippen molar-refractivity contribution in [2.24, 2.45) is 0 Å². The van der Waals surface area contributed by atoms with Gasteiger partial charge in [-0.1, -0.05) is 6.07 Å². The van der Waals surface area contributed by atoms with Gasteiger partial charge >= 0.3 is 6.09 Å². The smallest absolute Gasteiger partial charge is 0.410 e. The van der Waals surface area contributed by atoms with Gasteiger partial charge in [-0.2, -0.15) is 0 Å². The Hall–Kier alpha value is -1.91. The summed E-state index contributed by atoms with van der Waals surface area (Å²) in [5.74, 6) is 0. The number of likely N-dealkylation sites (tertiary alicyclic amines) is 1. The van der Waals surface area contributed by atoms with E-state index in [9.17, 15) is 4.79 Å². The van der Waals surface area contributed by atoms with Gasteiger partial charge in [0.1, 0.15) is 5.60 Å². The number of hydrogen-bond acceptors (Lipinski definition) is 4. The van der Waals surface area contributed by atoms with Crippen LogP contribution in [-0.2, 0) is 4.74 Å². The van der Waals surface area contributed by atoms with Crippen LogP contribution in [0, 0.1) is 0 Å². The molecule has 5 heteroatoms. The molecule has 1 amide bonds. The van der Waals surface area contributed by atoms with E-state index in [-0.39, 0.29) is 6.09 Å². The Morgan fingerprint density at radius 2 is 2.00 bits per heavy atom. The summed E-state index contributed by atoms with van der Waals surface area (Å²) in [5, 5.41) is 3.47. The molecular weight excluding hydrogens is 266 g/mol. The van der Waals surface area contributed by atoms with Crippen molar-refractivity contribution >= 4 is 17.5 Å². The monoisotopic (exact) mass is 291 g/mol. The summed E-state index contributed by atoms with van der Waals surface area (Å²) < 4.78 is 5.40. The van der Waals surface area contributed by atoms with E-state index in [4.69, 9.17) is 10.5 Å². The Labute approximate surface area is 126 Å². The molecule has 5 nitrogen and oxygen atoms in total. The summed E-state index contributed by atoms with van der Waals surface area (Å²) in [5.41, 5.74) is 7.13. The number of rotatable bonds is 2. The highest BCUT2D eigenvalue weighted by atomic mass is 16.6. The lowest BCUT2D eigenvalue weighted by atomic mass is 10.0. The van der Waals surface area contributed by atoms with Gasteiger partial charge in [0.25, 0.3) is 0 Å². The predicted molar refractivity (Wildman–Crippen MR) is 85.3 cm³/mol. The number of carbonyl (C=O) groups excluding carboxylic acids is 1. The fourth-order valence-corrected chi connectivity index (χ4v) is 2.40. The van der Waals surface area contributed by atoms with E-state index in [2.05, 4.69) is 5.32 Å². The normalized spacial score (nSPS) is 16.6. The van der Waals surface area contributed by atoms with E-state index in [0.29, 0.717) is 6.04 Å². The van der Waals surface area contributed by atoms with Crippen molar-refractivity contribution < 1.29 is 9.53 Å². The van der Waals surface area contributed by atoms with Crippen molar-refractivity contribution in [2.75, 3.05) is 24.1 Å². The number of hydrogen-bond donors (Lipinski definition) is 2. The van der Waals surface area contributed by atoms with Gasteiger partial charge in [0.15, 0.2) is 0 Å². The Morgan fingerprint density at radius 3 is 2.57 bits per heavy atom. The Morgan fingerprint density at radius 1 is 1.33 bits per heavy atom. The Kier molecular flexibility index (Phi) is 4.60. The van der Waals surface area contributed by atoms with Crippen LogP contribution >= 0.6 is 0 Å². The van der Waals surface area contributed by atoms with Crippen LogP contribution in [0.1, 0.15) is 33.6 Å². The number of benzene rings is 1. The number of nitrogens with zero attached hydrogens (tertiary/aromatic N) is 1. The molecule has 1 aromatic carbocycles. The number of nitrogens with one attached hydrogen (secondary N) is 1. The maximum Gasteiger partial charge on any atom is 0.410 e. The molecule has 1 aliphatic heterocycles. The van der Waals surface area contributed by atoms with Gasteiger partial charge in [-0.05, 0) is 51.8 Å². The number of nitrogen functional groups attached to an aromatic ring is 1. The first-order valence-electron chi connectivity index (χ1n) is 7.43. The standard InChI is InChI=1S/C16H25N3O2/c1-16(2,3)21-15(20)19-9-7-13(8-10-19)18-14-6-4-5-12(17)11-14/h4-6,11,13,18H,7-10,17H2,1-3H3. The zero-order valence-corrected chi connectivity index (χ0v) is 13.1. The van der Waals surface area contributed by atoms with Crippen molar-refractivity contribution in [3.05, 3.63) is 24.3 Å². The van der Waals surface area contributed by atoms with Crippen LogP contribution in [0.3, 0.4) is 0 Å². The van der Waals surface area contributed by atoms with Crippen molar-refractivity contribution in [3.8, 4) is 0 Å². The number of piperidine rings is 1. The molecule has 21 heavy (non-hydrogen) atoms. The summed E-state index contributed by atoms with van der Waals surface area (Å²) in [7, 11) is 0. The second-order valence-electron chi connectivity index (χ2n) is 6.51. The first-order chi connectivity index (χ1) is 9.83. The van der Waals surface area contributed by atoms with E-state index >= 15 is 0 Å². The van der Waals surface area contributed by atoms with Gasteiger partial charge in [-0.3, -0.25) is 0 Å². The van der Waals surface area contributed by atoms with Crippen LogP contribution in [0.2, 0.25) is 0 Å². The third-order valence-corrected chi connectivity index (χ3v) is 3.40. The van der Waals surface area contributed by atoms with Crippen molar-refractivity contribution in [3.63, 3.8) is 0 Å². The molecule has 1 aliphatic rings. The molecular formula is C16H25N3O2. The molecule has 0 atom stereocenters. The molecule has 0 bridgehead atoms. The summed E-state index contributed by atoms with van der Waals surface area (Å²) in [6.45, 7) is 7.10. The van der Waals surface area contributed by atoms with Gasteiger partial charge in [0.2, 0.25) is 0 Å². The van der Waals surface area contributed by atoms with E-state index in [1.807, 2.05) is 45.0 Å². The van der Waals surface area contributed by atoms with Crippen LogP contribution in [-0.4, -0.2) is 35.7 Å². The molecule has 1 fully saturated rings. The Balaban J connectivity index is 1.82. The van der Waals surface area contributed by atoms with E-state index in [0.717, 1.165) is 37.3 Å². The predicted octanol–water partition coefficient (Wildman–Crippen LogP) is 3.08. The minimum absolute atomic E-state index is 0.218. The second-order valence-corrected chi connectivity index (χ2v) is 6.51. The van der Waals surface area contributed by atoms with Crippen LogP contribution in [0.25, 0.3) is 0 Å². The fraction of sp³-hybridized carbons (Fsp3) is 0.562.